The first-order valence-electron chi connectivity index (χ1n) is 6.17. The Labute approximate surface area is 104 Å². The molecule has 17 heavy (non-hydrogen) atoms. The molecule has 3 nitrogen and oxygen atoms in total. The Morgan fingerprint density at radius 1 is 1.29 bits per heavy atom. The van der Waals surface area contributed by atoms with E-state index in [0.717, 1.165) is 25.4 Å². The zero-order valence-electron chi connectivity index (χ0n) is 11.2. The fourth-order valence-electron chi connectivity index (χ4n) is 2.15. The van der Waals surface area contributed by atoms with E-state index < -0.39 is 0 Å². The highest BCUT2D eigenvalue weighted by molar-refractivity contribution is 5.41. The number of hydrogen-bond donors (Lipinski definition) is 1. The summed E-state index contributed by atoms with van der Waals surface area (Å²) in [4.78, 5) is 2.39. The summed E-state index contributed by atoms with van der Waals surface area (Å²) in [5, 5.41) is 3.30. The van der Waals surface area contributed by atoms with E-state index in [2.05, 4.69) is 43.2 Å². The lowest BCUT2D eigenvalue weighted by molar-refractivity contribution is 0.171. The zero-order valence-corrected chi connectivity index (χ0v) is 11.2. The van der Waals surface area contributed by atoms with Crippen LogP contribution in [-0.2, 0) is 6.54 Å². The van der Waals surface area contributed by atoms with Gasteiger partial charge in [0.25, 0.3) is 0 Å². The summed E-state index contributed by atoms with van der Waals surface area (Å²) < 4.78 is 5.47. The normalized spacial score (nSPS) is 16.1. The third kappa shape index (κ3) is 2.61. The molecule has 2 rings (SSSR count). The molecule has 1 aromatic rings. The third-order valence-corrected chi connectivity index (χ3v) is 3.70. The molecule has 1 fully saturated rings. The quantitative estimate of drug-likeness (QED) is 0.858. The Kier molecular flexibility index (Phi) is 3.69. The van der Waals surface area contributed by atoms with Crippen LogP contribution in [0.15, 0.2) is 12.1 Å². The van der Waals surface area contributed by atoms with E-state index in [0.29, 0.717) is 6.04 Å². The molecule has 0 aliphatic carbocycles. The van der Waals surface area contributed by atoms with E-state index in [9.17, 15) is 0 Å². The van der Waals surface area contributed by atoms with Gasteiger partial charge in [0.05, 0.1) is 7.11 Å². The molecule has 0 amide bonds. The van der Waals surface area contributed by atoms with Gasteiger partial charge < -0.3 is 10.1 Å². The maximum absolute atomic E-state index is 5.47. The molecule has 0 atom stereocenters. The van der Waals surface area contributed by atoms with Crippen molar-refractivity contribution in [2.75, 3.05) is 27.2 Å². The van der Waals surface area contributed by atoms with Crippen molar-refractivity contribution in [2.45, 2.75) is 26.4 Å². The number of nitrogens with zero attached hydrogens (tertiary/aromatic N) is 1. The molecular formula is C14H22N2O. The Balaban J connectivity index is 2.15. The molecule has 1 aromatic carbocycles. The van der Waals surface area contributed by atoms with Crippen molar-refractivity contribution in [3.05, 3.63) is 28.8 Å². The predicted octanol–water partition coefficient (Wildman–Crippen LogP) is 1.72. The van der Waals surface area contributed by atoms with Gasteiger partial charge in [-0.1, -0.05) is 6.07 Å². The van der Waals surface area contributed by atoms with Gasteiger partial charge in [0.15, 0.2) is 0 Å². The summed E-state index contributed by atoms with van der Waals surface area (Å²) in [6, 6.07) is 5.05. The highest BCUT2D eigenvalue weighted by Gasteiger charge is 2.22. The lowest BCUT2D eigenvalue weighted by Gasteiger charge is -2.36. The maximum atomic E-state index is 5.47. The fraction of sp³-hybridized carbons (Fsp3) is 0.571. The van der Waals surface area contributed by atoms with Crippen molar-refractivity contribution in [1.29, 1.82) is 0 Å². The van der Waals surface area contributed by atoms with Crippen molar-refractivity contribution in [3.8, 4) is 5.75 Å². The summed E-state index contributed by atoms with van der Waals surface area (Å²) in [6.07, 6.45) is 0. The van der Waals surface area contributed by atoms with Crippen LogP contribution in [0.2, 0.25) is 0 Å². The predicted molar refractivity (Wildman–Crippen MR) is 70.6 cm³/mol. The SMILES string of the molecule is COc1cc(C)c(C)cc1CN(C)C1CNC1. The summed E-state index contributed by atoms with van der Waals surface area (Å²) >= 11 is 0. The first-order valence-corrected chi connectivity index (χ1v) is 6.17. The smallest absolute Gasteiger partial charge is 0.123 e. The summed E-state index contributed by atoms with van der Waals surface area (Å²) in [6.45, 7) is 7.44. The monoisotopic (exact) mass is 234 g/mol. The molecule has 1 saturated heterocycles. The average Bonchev–Trinajstić information content (AvgIpc) is 2.20. The van der Waals surface area contributed by atoms with Crippen LogP contribution < -0.4 is 10.1 Å². The van der Waals surface area contributed by atoms with E-state index in [1.165, 1.54) is 16.7 Å². The number of hydrogen-bond acceptors (Lipinski definition) is 3. The Bertz CT molecular complexity index is 399. The summed E-state index contributed by atoms with van der Waals surface area (Å²) in [5.74, 6) is 1.01. The standard InChI is InChI=1S/C14H22N2O/c1-10-5-12(14(17-4)6-11(10)2)9-16(3)13-7-15-8-13/h5-6,13,15H,7-9H2,1-4H3. The zero-order chi connectivity index (χ0) is 12.4. The van der Waals surface area contributed by atoms with Crippen LogP contribution in [0.4, 0.5) is 0 Å². The molecule has 1 aliphatic rings. The number of likely N-dealkylation sites (N-methyl/N-ethyl adjacent to an activating group) is 1. The van der Waals surface area contributed by atoms with E-state index in [4.69, 9.17) is 4.74 Å². The van der Waals surface area contributed by atoms with Crippen molar-refractivity contribution in [1.82, 2.24) is 10.2 Å². The summed E-state index contributed by atoms with van der Waals surface area (Å²) in [7, 11) is 3.93. The minimum Gasteiger partial charge on any atom is -0.496 e. The first kappa shape index (κ1) is 12.4. The Morgan fingerprint density at radius 3 is 2.47 bits per heavy atom. The van der Waals surface area contributed by atoms with Crippen LogP contribution in [0.1, 0.15) is 16.7 Å². The second kappa shape index (κ2) is 5.07. The van der Waals surface area contributed by atoms with Crippen molar-refractivity contribution in [2.24, 2.45) is 0 Å². The van der Waals surface area contributed by atoms with Gasteiger partial charge >= 0.3 is 0 Å². The lowest BCUT2D eigenvalue weighted by Crippen LogP contribution is -2.55. The second-order valence-electron chi connectivity index (χ2n) is 4.98. The number of methoxy groups -OCH3 is 1. The van der Waals surface area contributed by atoms with Crippen molar-refractivity contribution in [3.63, 3.8) is 0 Å². The Morgan fingerprint density at radius 2 is 1.94 bits per heavy atom. The molecule has 0 saturated carbocycles. The highest BCUT2D eigenvalue weighted by atomic mass is 16.5. The minimum atomic E-state index is 0.668. The van der Waals surface area contributed by atoms with Crippen molar-refractivity contribution < 1.29 is 4.74 Å². The fourth-order valence-corrected chi connectivity index (χ4v) is 2.15. The van der Waals surface area contributed by atoms with Crippen LogP contribution in [0.25, 0.3) is 0 Å². The molecule has 3 heteroatoms. The van der Waals surface area contributed by atoms with E-state index >= 15 is 0 Å². The van der Waals surface area contributed by atoms with Gasteiger partial charge in [-0.2, -0.15) is 0 Å². The van der Waals surface area contributed by atoms with Crippen LogP contribution in [0.5, 0.6) is 5.75 Å². The van der Waals surface area contributed by atoms with Gasteiger partial charge in [-0.05, 0) is 38.1 Å². The molecule has 0 bridgehead atoms. The third-order valence-electron chi connectivity index (χ3n) is 3.70. The topological polar surface area (TPSA) is 24.5 Å². The first-order chi connectivity index (χ1) is 8.11. The summed E-state index contributed by atoms with van der Waals surface area (Å²) in [5.41, 5.74) is 3.91. The minimum absolute atomic E-state index is 0.668. The molecule has 1 N–H and O–H groups in total. The number of rotatable bonds is 4. The largest absolute Gasteiger partial charge is 0.496 e. The van der Waals surface area contributed by atoms with Crippen LogP contribution in [0, 0.1) is 13.8 Å². The number of aryl methyl sites for hydroxylation is 2. The van der Waals surface area contributed by atoms with E-state index in [-0.39, 0.29) is 0 Å². The Hall–Kier alpha value is -1.06. The van der Waals surface area contributed by atoms with Gasteiger partial charge in [0, 0.05) is 31.2 Å². The van der Waals surface area contributed by atoms with E-state index in [1.807, 2.05) is 0 Å². The number of benzene rings is 1. The molecule has 94 valence electrons. The van der Waals surface area contributed by atoms with Gasteiger partial charge in [-0.15, -0.1) is 0 Å². The van der Waals surface area contributed by atoms with Crippen molar-refractivity contribution >= 4 is 0 Å². The molecule has 0 unspecified atom stereocenters. The highest BCUT2D eigenvalue weighted by Crippen LogP contribution is 2.24. The van der Waals surface area contributed by atoms with Gasteiger partial charge in [0.2, 0.25) is 0 Å². The molecule has 0 aromatic heterocycles. The van der Waals surface area contributed by atoms with Crippen LogP contribution in [0.3, 0.4) is 0 Å². The van der Waals surface area contributed by atoms with Gasteiger partial charge in [-0.25, -0.2) is 0 Å². The number of nitrogens with one attached hydrogen (secondary N) is 1. The molecular weight excluding hydrogens is 212 g/mol. The molecule has 1 aliphatic heterocycles. The second-order valence-corrected chi connectivity index (χ2v) is 4.98. The van der Waals surface area contributed by atoms with Gasteiger partial charge in [0.1, 0.15) is 5.75 Å². The maximum Gasteiger partial charge on any atom is 0.123 e. The number of ether oxygens (including phenoxy) is 1. The molecule has 0 spiro atoms. The average molecular weight is 234 g/mol. The lowest BCUT2D eigenvalue weighted by atomic mass is 10.0. The van der Waals surface area contributed by atoms with E-state index in [1.54, 1.807) is 7.11 Å². The van der Waals surface area contributed by atoms with Gasteiger partial charge in [-0.3, -0.25) is 4.90 Å². The molecule has 0 radical (unpaired) electrons. The molecule has 1 heterocycles. The van der Waals surface area contributed by atoms with Crippen LogP contribution in [-0.4, -0.2) is 38.2 Å². The van der Waals surface area contributed by atoms with Crippen LogP contribution >= 0.6 is 0 Å².